The van der Waals surface area contributed by atoms with Crippen molar-refractivity contribution in [1.82, 2.24) is 14.5 Å². The lowest BCUT2D eigenvalue weighted by Crippen LogP contribution is -2.38. The molecular weight excluding hydrogens is 403 g/mol. The van der Waals surface area contributed by atoms with Crippen LogP contribution in [0.4, 0.5) is 5.82 Å². The van der Waals surface area contributed by atoms with Crippen LogP contribution in [0.25, 0.3) is 5.69 Å². The Bertz CT molecular complexity index is 1130. The number of para-hydroxylation sites is 1. The minimum atomic E-state index is -0.199. The van der Waals surface area contributed by atoms with Crippen molar-refractivity contribution in [2.24, 2.45) is 0 Å². The smallest absolute Gasteiger partial charge is 0.258 e. The van der Waals surface area contributed by atoms with E-state index in [1.54, 1.807) is 10.6 Å². The highest BCUT2D eigenvalue weighted by Crippen LogP contribution is 2.28. The number of hydrogen-bond donors (Lipinski definition) is 2. The fraction of sp³-hybridized carbons (Fsp3) is 0.158. The first-order valence-corrected chi connectivity index (χ1v) is 9.54. The van der Waals surface area contributed by atoms with Crippen molar-refractivity contribution in [3.63, 3.8) is 0 Å². The van der Waals surface area contributed by atoms with Gasteiger partial charge in [0.25, 0.3) is 5.56 Å². The normalized spacial score (nSPS) is 13.9. The summed E-state index contributed by atoms with van der Waals surface area (Å²) in [5.74, 6) is 0.673. The molecule has 0 fully saturated rings. The molecule has 1 aromatic heterocycles. The van der Waals surface area contributed by atoms with Gasteiger partial charge in [0.15, 0.2) is 4.77 Å². The summed E-state index contributed by atoms with van der Waals surface area (Å²) in [5.41, 5.74) is 2.15. The van der Waals surface area contributed by atoms with Crippen LogP contribution in [0.1, 0.15) is 11.1 Å². The zero-order valence-electron chi connectivity index (χ0n) is 14.2. The molecule has 0 saturated heterocycles. The van der Waals surface area contributed by atoms with Gasteiger partial charge in [0.05, 0.1) is 22.9 Å². The van der Waals surface area contributed by atoms with Crippen molar-refractivity contribution in [2.75, 3.05) is 12.0 Å². The molecule has 8 heteroatoms. The molecule has 1 aliphatic rings. The van der Waals surface area contributed by atoms with E-state index in [9.17, 15) is 4.79 Å². The fourth-order valence-corrected chi connectivity index (χ4v) is 3.91. The summed E-state index contributed by atoms with van der Waals surface area (Å²) in [5, 5.41) is 4.60. The predicted molar refractivity (Wildman–Crippen MR) is 111 cm³/mol. The van der Waals surface area contributed by atoms with Gasteiger partial charge in [0.1, 0.15) is 5.82 Å². The molecule has 4 rings (SSSR count). The van der Waals surface area contributed by atoms with Crippen LogP contribution < -0.4 is 10.9 Å². The second-order valence-corrected chi connectivity index (χ2v) is 7.49. The molecule has 0 unspecified atom stereocenters. The number of aromatic nitrogens is 2. The van der Waals surface area contributed by atoms with E-state index in [1.807, 2.05) is 42.5 Å². The molecule has 0 aliphatic carbocycles. The number of benzene rings is 2. The van der Waals surface area contributed by atoms with Gasteiger partial charge in [-0.15, -0.1) is 0 Å². The van der Waals surface area contributed by atoms with Gasteiger partial charge in [0, 0.05) is 18.1 Å². The summed E-state index contributed by atoms with van der Waals surface area (Å²) in [6.07, 6.45) is 0. The number of hydrogen-bond acceptors (Lipinski definition) is 4. The Hall–Kier alpha value is -2.12. The topological polar surface area (TPSA) is 53.1 Å². The van der Waals surface area contributed by atoms with Crippen molar-refractivity contribution in [1.29, 1.82) is 0 Å². The molecule has 2 N–H and O–H groups in total. The minimum absolute atomic E-state index is 0.199. The summed E-state index contributed by atoms with van der Waals surface area (Å²) in [6.45, 7) is 1.66. The lowest BCUT2D eigenvalue weighted by Gasteiger charge is -2.31. The highest BCUT2D eigenvalue weighted by molar-refractivity contribution is 7.71. The molecule has 0 amide bonds. The van der Waals surface area contributed by atoms with E-state index in [2.05, 4.69) is 15.2 Å². The van der Waals surface area contributed by atoms with Crippen LogP contribution in [-0.2, 0) is 13.1 Å². The molecule has 0 saturated carbocycles. The van der Waals surface area contributed by atoms with E-state index in [0.29, 0.717) is 46.0 Å². The Morgan fingerprint density at radius 1 is 1.04 bits per heavy atom. The number of H-pyrrole nitrogens is 1. The lowest BCUT2D eigenvalue weighted by atomic mass is 10.1. The molecule has 3 aromatic rings. The lowest BCUT2D eigenvalue weighted by molar-refractivity contribution is 0.264. The van der Waals surface area contributed by atoms with Gasteiger partial charge in [0.2, 0.25) is 0 Å². The van der Waals surface area contributed by atoms with Crippen LogP contribution in [0.2, 0.25) is 10.0 Å². The highest BCUT2D eigenvalue weighted by atomic mass is 35.5. The van der Waals surface area contributed by atoms with Crippen molar-refractivity contribution in [2.45, 2.75) is 13.1 Å². The molecular formula is C19H16Cl2N4OS. The predicted octanol–water partition coefficient (Wildman–Crippen LogP) is 4.59. The van der Waals surface area contributed by atoms with Crippen molar-refractivity contribution >= 4 is 41.2 Å². The fourth-order valence-electron chi connectivity index (χ4n) is 3.21. The van der Waals surface area contributed by atoms with Crippen LogP contribution in [0, 0.1) is 4.77 Å². The number of nitrogens with one attached hydrogen (secondary N) is 2. The molecule has 2 heterocycles. The Morgan fingerprint density at radius 3 is 2.48 bits per heavy atom. The third kappa shape index (κ3) is 3.53. The second-order valence-electron chi connectivity index (χ2n) is 6.29. The van der Waals surface area contributed by atoms with Crippen molar-refractivity contribution in [3.05, 3.63) is 84.8 Å². The molecule has 1 aliphatic heterocycles. The van der Waals surface area contributed by atoms with E-state index in [4.69, 9.17) is 35.4 Å². The summed E-state index contributed by atoms with van der Waals surface area (Å²) in [6, 6.07) is 15.1. The first kappa shape index (κ1) is 18.3. The molecule has 0 radical (unpaired) electrons. The summed E-state index contributed by atoms with van der Waals surface area (Å²) >= 11 is 18.0. The van der Waals surface area contributed by atoms with Crippen LogP contribution in [0.15, 0.2) is 53.3 Å². The Labute approximate surface area is 171 Å². The van der Waals surface area contributed by atoms with Crippen LogP contribution in [-0.4, -0.2) is 21.1 Å². The molecule has 5 nitrogen and oxygen atoms in total. The molecule has 2 aromatic carbocycles. The van der Waals surface area contributed by atoms with Gasteiger partial charge in [-0.25, -0.2) is 0 Å². The van der Waals surface area contributed by atoms with E-state index in [-0.39, 0.29) is 5.56 Å². The van der Waals surface area contributed by atoms with Gasteiger partial charge < -0.3 is 5.32 Å². The standard InChI is InChI=1S/C19H16Cl2N4OS/c20-14-6-2-1-5-12(14)9-24-10-13-17(22-11-24)25(19(27)23-18(13)26)16-8-4-3-7-15(16)21/h1-8,22H,9-11H2,(H,23,26,27). The number of halogens is 2. The van der Waals surface area contributed by atoms with Crippen LogP contribution >= 0.6 is 35.4 Å². The van der Waals surface area contributed by atoms with Gasteiger partial charge in [-0.05, 0) is 36.0 Å². The summed E-state index contributed by atoms with van der Waals surface area (Å²) in [7, 11) is 0. The SMILES string of the molecule is O=c1[nH]c(=S)n(-c2ccccc2Cl)c2c1CN(Cc1ccccc1Cl)CN2. The maximum Gasteiger partial charge on any atom is 0.258 e. The van der Waals surface area contributed by atoms with E-state index >= 15 is 0 Å². The quantitative estimate of drug-likeness (QED) is 0.610. The van der Waals surface area contributed by atoms with Crippen LogP contribution in [0.5, 0.6) is 0 Å². The number of rotatable bonds is 3. The Balaban J connectivity index is 1.74. The highest BCUT2D eigenvalue weighted by Gasteiger charge is 2.23. The largest absolute Gasteiger partial charge is 0.358 e. The van der Waals surface area contributed by atoms with Crippen molar-refractivity contribution in [3.8, 4) is 5.69 Å². The average molecular weight is 419 g/mol. The Morgan fingerprint density at radius 2 is 1.74 bits per heavy atom. The van der Waals surface area contributed by atoms with E-state index in [0.717, 1.165) is 11.3 Å². The average Bonchev–Trinajstić information content (AvgIpc) is 2.65. The number of fused-ring (bicyclic) bond motifs is 1. The van der Waals surface area contributed by atoms with Gasteiger partial charge in [-0.3, -0.25) is 19.2 Å². The molecule has 27 heavy (non-hydrogen) atoms. The van der Waals surface area contributed by atoms with Crippen molar-refractivity contribution < 1.29 is 0 Å². The minimum Gasteiger partial charge on any atom is -0.358 e. The zero-order chi connectivity index (χ0) is 19.0. The number of anilines is 1. The Kier molecular flexibility index (Phi) is 5.06. The van der Waals surface area contributed by atoms with E-state index in [1.165, 1.54) is 0 Å². The second kappa shape index (κ2) is 7.48. The first-order chi connectivity index (χ1) is 13.0. The monoisotopic (exact) mass is 418 g/mol. The molecule has 0 bridgehead atoms. The van der Waals surface area contributed by atoms with E-state index < -0.39 is 0 Å². The third-order valence-corrected chi connectivity index (χ3v) is 5.48. The maximum absolute atomic E-state index is 12.6. The van der Waals surface area contributed by atoms with Gasteiger partial charge in [-0.2, -0.15) is 0 Å². The summed E-state index contributed by atoms with van der Waals surface area (Å²) in [4.78, 5) is 17.4. The first-order valence-electron chi connectivity index (χ1n) is 8.37. The van der Waals surface area contributed by atoms with Gasteiger partial charge >= 0.3 is 0 Å². The van der Waals surface area contributed by atoms with Crippen LogP contribution in [0.3, 0.4) is 0 Å². The maximum atomic E-state index is 12.6. The zero-order valence-corrected chi connectivity index (χ0v) is 16.5. The number of nitrogens with zero attached hydrogens (tertiary/aromatic N) is 2. The number of aromatic amines is 1. The molecule has 138 valence electrons. The molecule has 0 atom stereocenters. The molecule has 0 spiro atoms. The third-order valence-electron chi connectivity index (χ3n) is 4.50. The van der Waals surface area contributed by atoms with Gasteiger partial charge in [-0.1, -0.05) is 53.5 Å². The summed E-state index contributed by atoms with van der Waals surface area (Å²) < 4.78 is 2.08.